The average molecular weight is 263 g/mol. The van der Waals surface area contributed by atoms with Crippen LogP contribution in [0.5, 0.6) is 5.75 Å². The fraction of sp³-hybridized carbons (Fsp3) is 0.625. The van der Waals surface area contributed by atoms with Crippen LogP contribution >= 0.6 is 0 Å². The molecule has 3 nitrogen and oxygen atoms in total. The van der Waals surface area contributed by atoms with Crippen molar-refractivity contribution in [1.29, 1.82) is 0 Å². The molecule has 2 atom stereocenters. The van der Waals surface area contributed by atoms with E-state index in [1.807, 2.05) is 0 Å². The molecule has 106 valence electrons. The van der Waals surface area contributed by atoms with E-state index in [0.717, 1.165) is 25.4 Å². The summed E-state index contributed by atoms with van der Waals surface area (Å²) in [5, 5.41) is 3.46. The molecule has 1 aliphatic carbocycles. The Morgan fingerprint density at radius 1 is 1.37 bits per heavy atom. The fourth-order valence-corrected chi connectivity index (χ4v) is 2.80. The number of hydrogen-bond acceptors (Lipinski definition) is 3. The van der Waals surface area contributed by atoms with E-state index in [1.165, 1.54) is 17.5 Å². The first-order valence-electron chi connectivity index (χ1n) is 6.96. The van der Waals surface area contributed by atoms with E-state index in [1.54, 1.807) is 14.2 Å². The van der Waals surface area contributed by atoms with E-state index in [4.69, 9.17) is 9.47 Å². The van der Waals surface area contributed by atoms with Gasteiger partial charge in [0.25, 0.3) is 0 Å². The van der Waals surface area contributed by atoms with Crippen LogP contribution in [0.4, 0.5) is 0 Å². The average Bonchev–Trinajstić information content (AvgIpc) is 3.07. The smallest absolute Gasteiger partial charge is 0.122 e. The number of aryl methyl sites for hydroxylation is 1. The second-order valence-corrected chi connectivity index (χ2v) is 5.72. The van der Waals surface area contributed by atoms with Gasteiger partial charge in [0.1, 0.15) is 5.75 Å². The van der Waals surface area contributed by atoms with Crippen molar-refractivity contribution in [2.24, 2.45) is 5.92 Å². The predicted octanol–water partition coefficient (Wildman–Crippen LogP) is 2.52. The van der Waals surface area contributed by atoms with Gasteiger partial charge in [-0.3, -0.25) is 0 Å². The summed E-state index contributed by atoms with van der Waals surface area (Å²) in [7, 11) is 3.49. The third-order valence-corrected chi connectivity index (χ3v) is 4.26. The largest absolute Gasteiger partial charge is 0.496 e. The van der Waals surface area contributed by atoms with E-state index >= 15 is 0 Å². The van der Waals surface area contributed by atoms with Crippen molar-refractivity contribution in [2.75, 3.05) is 33.9 Å². The molecule has 1 fully saturated rings. The Balaban J connectivity index is 2.00. The van der Waals surface area contributed by atoms with E-state index in [0.29, 0.717) is 5.92 Å². The Morgan fingerprint density at radius 3 is 2.84 bits per heavy atom. The molecule has 19 heavy (non-hydrogen) atoms. The van der Waals surface area contributed by atoms with Gasteiger partial charge < -0.3 is 14.8 Å². The molecule has 0 spiro atoms. The van der Waals surface area contributed by atoms with Gasteiger partial charge >= 0.3 is 0 Å². The van der Waals surface area contributed by atoms with Gasteiger partial charge in [-0.25, -0.2) is 0 Å². The second-order valence-electron chi connectivity index (χ2n) is 5.72. The zero-order chi connectivity index (χ0) is 13.9. The lowest BCUT2D eigenvalue weighted by Gasteiger charge is -2.17. The second kappa shape index (κ2) is 5.93. The Bertz CT molecular complexity index is 433. The number of hydrogen-bond donors (Lipinski definition) is 1. The molecule has 0 amide bonds. The van der Waals surface area contributed by atoms with Crippen molar-refractivity contribution in [3.8, 4) is 5.75 Å². The molecule has 0 aromatic heterocycles. The summed E-state index contributed by atoms with van der Waals surface area (Å²) in [6.07, 6.45) is 1.23. The molecule has 1 N–H and O–H groups in total. The highest BCUT2D eigenvalue weighted by Crippen LogP contribution is 2.56. The van der Waals surface area contributed by atoms with Crippen molar-refractivity contribution in [2.45, 2.75) is 25.7 Å². The molecule has 2 unspecified atom stereocenters. The maximum atomic E-state index is 5.52. The molecular weight excluding hydrogens is 238 g/mol. The third kappa shape index (κ3) is 3.10. The van der Waals surface area contributed by atoms with Gasteiger partial charge in [0.05, 0.1) is 13.7 Å². The summed E-state index contributed by atoms with van der Waals surface area (Å²) in [5.74, 6) is 1.72. The first-order valence-corrected chi connectivity index (χ1v) is 6.96. The summed E-state index contributed by atoms with van der Waals surface area (Å²) in [5.41, 5.74) is 2.92. The van der Waals surface area contributed by atoms with E-state index in [2.05, 4.69) is 37.4 Å². The van der Waals surface area contributed by atoms with Crippen LogP contribution in [0.2, 0.25) is 0 Å². The predicted molar refractivity (Wildman–Crippen MR) is 77.9 cm³/mol. The van der Waals surface area contributed by atoms with Gasteiger partial charge in [-0.05, 0) is 31.9 Å². The van der Waals surface area contributed by atoms with Crippen LogP contribution in [-0.4, -0.2) is 33.9 Å². The highest BCUT2D eigenvalue weighted by Gasteiger charge is 2.52. The number of nitrogens with one attached hydrogen (secondary N) is 1. The number of methoxy groups -OCH3 is 2. The van der Waals surface area contributed by atoms with Crippen LogP contribution in [-0.2, 0) is 10.2 Å². The summed E-state index contributed by atoms with van der Waals surface area (Å²) in [6, 6.07) is 6.47. The molecule has 0 heterocycles. The minimum atomic E-state index is 0.261. The van der Waals surface area contributed by atoms with Crippen molar-refractivity contribution in [1.82, 2.24) is 5.32 Å². The van der Waals surface area contributed by atoms with Gasteiger partial charge in [0, 0.05) is 24.6 Å². The summed E-state index contributed by atoms with van der Waals surface area (Å²) >= 11 is 0. The lowest BCUT2D eigenvalue weighted by Crippen LogP contribution is -2.24. The fourth-order valence-electron chi connectivity index (χ4n) is 2.80. The highest BCUT2D eigenvalue weighted by atomic mass is 16.5. The lowest BCUT2D eigenvalue weighted by atomic mass is 9.93. The lowest BCUT2D eigenvalue weighted by molar-refractivity contribution is 0.199. The highest BCUT2D eigenvalue weighted by molar-refractivity contribution is 5.46. The van der Waals surface area contributed by atoms with Gasteiger partial charge in [-0.1, -0.05) is 24.6 Å². The molecule has 1 aromatic carbocycles. The van der Waals surface area contributed by atoms with E-state index in [-0.39, 0.29) is 5.41 Å². The minimum absolute atomic E-state index is 0.261. The topological polar surface area (TPSA) is 30.5 Å². The zero-order valence-corrected chi connectivity index (χ0v) is 12.5. The van der Waals surface area contributed by atoms with Crippen LogP contribution in [0, 0.1) is 12.8 Å². The quantitative estimate of drug-likeness (QED) is 0.767. The normalized spacial score (nSPS) is 25.4. The molecule has 3 heteroatoms. The van der Waals surface area contributed by atoms with Gasteiger partial charge in [0.15, 0.2) is 0 Å². The monoisotopic (exact) mass is 263 g/mol. The van der Waals surface area contributed by atoms with Crippen LogP contribution in [0.3, 0.4) is 0 Å². The Morgan fingerprint density at radius 2 is 2.16 bits per heavy atom. The maximum Gasteiger partial charge on any atom is 0.122 e. The SMILES string of the molecule is COCCNCC1CC1(C)c1cc(C)ccc1OC. The summed E-state index contributed by atoms with van der Waals surface area (Å²) in [4.78, 5) is 0. The molecule has 1 saturated carbocycles. The van der Waals surface area contributed by atoms with Gasteiger partial charge in [-0.2, -0.15) is 0 Å². The molecule has 0 aliphatic heterocycles. The maximum absolute atomic E-state index is 5.52. The first kappa shape index (κ1) is 14.4. The Labute approximate surface area is 116 Å². The molecule has 0 saturated heterocycles. The zero-order valence-electron chi connectivity index (χ0n) is 12.5. The van der Waals surface area contributed by atoms with Crippen molar-refractivity contribution >= 4 is 0 Å². The molecular formula is C16H25NO2. The Kier molecular flexibility index (Phi) is 4.48. The molecule has 0 radical (unpaired) electrons. The number of benzene rings is 1. The van der Waals surface area contributed by atoms with E-state index < -0.39 is 0 Å². The molecule has 1 aliphatic rings. The molecule has 0 bridgehead atoms. The van der Waals surface area contributed by atoms with Gasteiger partial charge in [-0.15, -0.1) is 0 Å². The first-order chi connectivity index (χ1) is 9.11. The molecule has 2 rings (SSSR count). The van der Waals surface area contributed by atoms with E-state index in [9.17, 15) is 0 Å². The van der Waals surface area contributed by atoms with Crippen LogP contribution in [0.15, 0.2) is 18.2 Å². The van der Waals surface area contributed by atoms with Crippen molar-refractivity contribution in [3.05, 3.63) is 29.3 Å². The van der Waals surface area contributed by atoms with Crippen molar-refractivity contribution < 1.29 is 9.47 Å². The van der Waals surface area contributed by atoms with Gasteiger partial charge in [0.2, 0.25) is 0 Å². The van der Waals surface area contributed by atoms with Crippen LogP contribution in [0.25, 0.3) is 0 Å². The Hall–Kier alpha value is -1.06. The van der Waals surface area contributed by atoms with Crippen molar-refractivity contribution in [3.63, 3.8) is 0 Å². The number of ether oxygens (including phenoxy) is 2. The summed E-state index contributed by atoms with van der Waals surface area (Å²) < 4.78 is 10.6. The summed E-state index contributed by atoms with van der Waals surface area (Å²) in [6.45, 7) is 7.23. The molecule has 1 aromatic rings. The number of rotatable bonds is 7. The minimum Gasteiger partial charge on any atom is -0.496 e. The van der Waals surface area contributed by atoms with Crippen LogP contribution in [0.1, 0.15) is 24.5 Å². The standard InChI is InChI=1S/C16H25NO2/c1-12-5-6-15(19-4)14(9-12)16(2)10-13(16)11-17-7-8-18-3/h5-6,9,13,17H,7-8,10-11H2,1-4H3. The third-order valence-electron chi connectivity index (χ3n) is 4.26. The van der Waals surface area contributed by atoms with Crippen LogP contribution < -0.4 is 10.1 Å².